The van der Waals surface area contributed by atoms with E-state index in [1.807, 2.05) is 48.7 Å². The third-order valence-electron chi connectivity index (χ3n) is 9.33. The Morgan fingerprint density at radius 2 is 0.796 bits per heavy atom. The molecule has 2 aromatic heterocycles. The third kappa shape index (κ3) is 6.01. The largest absolute Gasteiger partial charge is 0.256 e. The molecule has 2 heterocycles. The second kappa shape index (κ2) is 12.7. The Labute approximate surface area is 286 Å². The monoisotopic (exact) mass is 630 g/mol. The molecule has 0 bridgehead atoms. The summed E-state index contributed by atoms with van der Waals surface area (Å²) in [5.41, 5.74) is 10.7. The van der Waals surface area contributed by atoms with E-state index in [0.717, 1.165) is 44.3 Å². The maximum Gasteiger partial charge on any atom is 0.164 e. The minimum absolute atomic E-state index is 0.214. The van der Waals surface area contributed by atoms with Gasteiger partial charge in [0.1, 0.15) is 0 Å². The van der Waals surface area contributed by atoms with Gasteiger partial charge >= 0.3 is 0 Å². The van der Waals surface area contributed by atoms with Gasteiger partial charge in [-0.15, -0.1) is 0 Å². The van der Waals surface area contributed by atoms with Crippen LogP contribution in [-0.4, -0.2) is 19.9 Å². The van der Waals surface area contributed by atoms with Crippen LogP contribution in [0, 0.1) is 0 Å². The summed E-state index contributed by atoms with van der Waals surface area (Å²) >= 11 is 0. The molecular formula is C45H34N4. The topological polar surface area (TPSA) is 51.6 Å². The van der Waals surface area contributed by atoms with E-state index in [1.165, 1.54) is 16.7 Å². The molecule has 4 nitrogen and oxygen atoms in total. The van der Waals surface area contributed by atoms with E-state index in [4.69, 9.17) is 15.0 Å². The van der Waals surface area contributed by atoms with Crippen molar-refractivity contribution in [3.8, 4) is 56.4 Å². The predicted molar refractivity (Wildman–Crippen MR) is 201 cm³/mol. The molecule has 0 aliphatic heterocycles. The van der Waals surface area contributed by atoms with Crippen LogP contribution in [0.3, 0.4) is 0 Å². The number of fused-ring (bicyclic) bond motifs is 1. The molecule has 0 fully saturated rings. The van der Waals surface area contributed by atoms with E-state index in [-0.39, 0.29) is 5.41 Å². The van der Waals surface area contributed by atoms with Crippen LogP contribution in [0.2, 0.25) is 0 Å². The fourth-order valence-electron chi connectivity index (χ4n) is 6.40. The molecule has 234 valence electrons. The first-order valence-corrected chi connectivity index (χ1v) is 16.6. The van der Waals surface area contributed by atoms with E-state index in [2.05, 4.69) is 140 Å². The smallest absolute Gasteiger partial charge is 0.164 e. The lowest BCUT2D eigenvalue weighted by Gasteiger charge is -2.26. The van der Waals surface area contributed by atoms with E-state index >= 15 is 0 Å². The minimum Gasteiger partial charge on any atom is -0.256 e. The molecule has 6 aromatic carbocycles. The first-order chi connectivity index (χ1) is 24.0. The Hall–Kier alpha value is -6.26. The fraction of sp³-hybridized carbons (Fsp3) is 0.0667. The molecule has 8 aromatic rings. The Kier molecular flexibility index (Phi) is 7.83. The summed E-state index contributed by atoms with van der Waals surface area (Å²) in [6.45, 7) is 4.54. The maximum absolute atomic E-state index is 4.98. The van der Waals surface area contributed by atoms with Gasteiger partial charge in [0, 0.05) is 39.3 Å². The van der Waals surface area contributed by atoms with Crippen molar-refractivity contribution in [1.82, 2.24) is 19.9 Å². The number of nitrogens with zero attached hydrogens (tertiary/aromatic N) is 4. The summed E-state index contributed by atoms with van der Waals surface area (Å²) in [5, 5.41) is 1.15. The van der Waals surface area contributed by atoms with Crippen molar-refractivity contribution < 1.29 is 0 Å². The lowest BCUT2D eigenvalue weighted by Crippen LogP contribution is -2.18. The van der Waals surface area contributed by atoms with Crippen LogP contribution in [0.5, 0.6) is 0 Å². The van der Waals surface area contributed by atoms with Gasteiger partial charge in [-0.2, -0.15) is 0 Å². The number of rotatable bonds is 7. The van der Waals surface area contributed by atoms with Crippen molar-refractivity contribution in [1.29, 1.82) is 0 Å². The number of hydrogen-bond donors (Lipinski definition) is 0. The Morgan fingerprint density at radius 3 is 1.37 bits per heavy atom. The van der Waals surface area contributed by atoms with Crippen LogP contribution in [0.15, 0.2) is 170 Å². The van der Waals surface area contributed by atoms with Gasteiger partial charge in [-0.25, -0.2) is 15.0 Å². The van der Waals surface area contributed by atoms with E-state index in [1.54, 1.807) is 0 Å². The number of pyridine rings is 1. The Balaban J connectivity index is 1.11. The summed E-state index contributed by atoms with van der Waals surface area (Å²) in [7, 11) is 0. The quantitative estimate of drug-likeness (QED) is 0.176. The fourth-order valence-corrected chi connectivity index (χ4v) is 6.40. The first kappa shape index (κ1) is 30.1. The molecule has 0 saturated carbocycles. The molecule has 0 amide bonds. The van der Waals surface area contributed by atoms with Gasteiger partial charge in [0.05, 0.1) is 5.52 Å². The second-order valence-corrected chi connectivity index (χ2v) is 12.8. The van der Waals surface area contributed by atoms with Crippen LogP contribution in [0.25, 0.3) is 67.3 Å². The molecule has 4 heteroatoms. The molecule has 0 atom stereocenters. The molecule has 0 unspecified atom stereocenters. The number of hydrogen-bond acceptors (Lipinski definition) is 4. The second-order valence-electron chi connectivity index (χ2n) is 12.8. The van der Waals surface area contributed by atoms with E-state index < -0.39 is 0 Å². The van der Waals surface area contributed by atoms with Gasteiger partial charge in [0.15, 0.2) is 17.5 Å². The van der Waals surface area contributed by atoms with Crippen molar-refractivity contribution in [3.05, 3.63) is 181 Å². The van der Waals surface area contributed by atoms with Crippen LogP contribution < -0.4 is 0 Å². The molecule has 0 aliphatic carbocycles. The van der Waals surface area contributed by atoms with Crippen molar-refractivity contribution >= 4 is 10.9 Å². The highest BCUT2D eigenvalue weighted by Gasteiger charge is 2.24. The standard InChI is InChI=1S/C45H34N4/c1-45(2,38-26-22-33(23-27-38)40-17-9-15-34-16-10-30-46-41(34)40)39-28-24-37(25-29-39)44-48-42(35-13-7-4-8-14-35)47-43(49-44)36-20-18-32(19-21-36)31-11-5-3-6-12-31/h3-30H,1-2H3. The van der Waals surface area contributed by atoms with Crippen molar-refractivity contribution in [2.45, 2.75) is 19.3 Å². The van der Waals surface area contributed by atoms with Crippen molar-refractivity contribution in [2.75, 3.05) is 0 Å². The Morgan fingerprint density at radius 1 is 0.367 bits per heavy atom. The summed E-state index contributed by atoms with van der Waals surface area (Å²) in [5.74, 6) is 1.95. The maximum atomic E-state index is 4.98. The van der Waals surface area contributed by atoms with Crippen LogP contribution in [0.4, 0.5) is 0 Å². The first-order valence-electron chi connectivity index (χ1n) is 16.6. The molecule has 0 aliphatic rings. The average molecular weight is 631 g/mol. The number of para-hydroxylation sites is 1. The van der Waals surface area contributed by atoms with Gasteiger partial charge < -0.3 is 0 Å². The van der Waals surface area contributed by atoms with Crippen LogP contribution in [0.1, 0.15) is 25.0 Å². The summed E-state index contributed by atoms with van der Waals surface area (Å²) in [6.07, 6.45) is 1.86. The zero-order valence-corrected chi connectivity index (χ0v) is 27.5. The molecule has 0 spiro atoms. The lowest BCUT2D eigenvalue weighted by atomic mass is 9.77. The summed E-state index contributed by atoms with van der Waals surface area (Å²) in [4.78, 5) is 19.5. The highest BCUT2D eigenvalue weighted by molar-refractivity contribution is 5.93. The molecule has 0 saturated heterocycles. The normalized spacial score (nSPS) is 11.5. The van der Waals surface area contributed by atoms with Gasteiger partial charge in [0.2, 0.25) is 0 Å². The zero-order chi connectivity index (χ0) is 33.2. The van der Waals surface area contributed by atoms with Crippen LogP contribution in [-0.2, 0) is 5.41 Å². The third-order valence-corrected chi connectivity index (χ3v) is 9.33. The molecule has 49 heavy (non-hydrogen) atoms. The SMILES string of the molecule is CC(C)(c1ccc(-c2nc(-c3ccccc3)nc(-c3ccc(-c4ccccc4)cc3)n2)cc1)c1ccc(-c2cccc3cccnc23)cc1. The number of aromatic nitrogens is 4. The van der Waals surface area contributed by atoms with Crippen molar-refractivity contribution in [2.24, 2.45) is 0 Å². The van der Waals surface area contributed by atoms with Crippen molar-refractivity contribution in [3.63, 3.8) is 0 Å². The minimum atomic E-state index is -0.214. The highest BCUT2D eigenvalue weighted by atomic mass is 15.0. The van der Waals surface area contributed by atoms with Gasteiger partial charge in [0.25, 0.3) is 0 Å². The van der Waals surface area contributed by atoms with Gasteiger partial charge in [-0.3, -0.25) is 4.98 Å². The molecule has 0 radical (unpaired) electrons. The highest BCUT2D eigenvalue weighted by Crippen LogP contribution is 2.35. The lowest BCUT2D eigenvalue weighted by molar-refractivity contribution is 0.641. The van der Waals surface area contributed by atoms with E-state index in [0.29, 0.717) is 17.5 Å². The van der Waals surface area contributed by atoms with Gasteiger partial charge in [-0.1, -0.05) is 172 Å². The Bertz CT molecular complexity index is 2360. The van der Waals surface area contributed by atoms with Gasteiger partial charge in [-0.05, 0) is 33.9 Å². The average Bonchev–Trinajstić information content (AvgIpc) is 3.18. The molecule has 8 rings (SSSR count). The molecule has 0 N–H and O–H groups in total. The summed E-state index contributed by atoms with van der Waals surface area (Å²) < 4.78 is 0. The summed E-state index contributed by atoms with van der Waals surface area (Å²) in [6, 6.07) is 56.9. The predicted octanol–water partition coefficient (Wildman–Crippen LogP) is 11.1. The van der Waals surface area contributed by atoms with E-state index in [9.17, 15) is 0 Å². The number of benzene rings is 6. The molecular weight excluding hydrogens is 597 g/mol. The van der Waals surface area contributed by atoms with Crippen LogP contribution >= 0.6 is 0 Å². The zero-order valence-electron chi connectivity index (χ0n) is 27.5.